The summed E-state index contributed by atoms with van der Waals surface area (Å²) in [6.45, 7) is 2.77. The lowest BCUT2D eigenvalue weighted by atomic mass is 10.1. The molecule has 1 N–H and O–H groups in total. The van der Waals surface area contributed by atoms with E-state index in [4.69, 9.17) is 23.2 Å². The van der Waals surface area contributed by atoms with Gasteiger partial charge in [0.25, 0.3) is 0 Å². The molecular formula is C13H13Cl2F3N2O. The maximum absolute atomic E-state index is 13.1. The summed E-state index contributed by atoms with van der Waals surface area (Å²) in [5.41, 5.74) is -2.39. The molecule has 2 rings (SSSR count). The number of alkyl halides is 3. The second kappa shape index (κ2) is 5.34. The van der Waals surface area contributed by atoms with Crippen molar-refractivity contribution in [2.45, 2.75) is 38.6 Å². The van der Waals surface area contributed by atoms with Crippen molar-refractivity contribution < 1.29 is 18.3 Å². The Kier molecular flexibility index (Phi) is 4.17. The summed E-state index contributed by atoms with van der Waals surface area (Å²) in [5, 5.41) is 10.3. The summed E-state index contributed by atoms with van der Waals surface area (Å²) >= 11 is 11.8. The highest BCUT2D eigenvalue weighted by Crippen LogP contribution is 2.40. The zero-order chi connectivity index (χ0) is 16.0. The lowest BCUT2D eigenvalue weighted by Crippen LogP contribution is -2.41. The fourth-order valence-electron chi connectivity index (χ4n) is 2.07. The molecule has 116 valence electrons. The van der Waals surface area contributed by atoms with Crippen molar-refractivity contribution >= 4 is 34.2 Å². The first-order valence-electron chi connectivity index (χ1n) is 6.24. The highest BCUT2D eigenvalue weighted by molar-refractivity contribution is 6.42. The van der Waals surface area contributed by atoms with E-state index in [1.54, 1.807) is 0 Å². The molecule has 1 atom stereocenters. The maximum atomic E-state index is 13.1. The van der Waals surface area contributed by atoms with Crippen molar-refractivity contribution in [3.8, 4) is 0 Å². The van der Waals surface area contributed by atoms with Gasteiger partial charge in [0.1, 0.15) is 0 Å². The van der Waals surface area contributed by atoms with Gasteiger partial charge in [-0.3, -0.25) is 0 Å². The largest absolute Gasteiger partial charge is 0.424 e. The molecule has 2 aromatic rings. The molecule has 1 aromatic heterocycles. The van der Waals surface area contributed by atoms with Gasteiger partial charge in [-0.2, -0.15) is 13.2 Å². The van der Waals surface area contributed by atoms with Gasteiger partial charge in [0.2, 0.25) is 5.60 Å². The Hall–Kier alpha value is -0.980. The Morgan fingerprint density at radius 1 is 1.24 bits per heavy atom. The number of hydrogen-bond donors (Lipinski definition) is 1. The van der Waals surface area contributed by atoms with Crippen molar-refractivity contribution in [3.63, 3.8) is 0 Å². The Balaban J connectivity index is 2.77. The topological polar surface area (TPSA) is 38.0 Å². The third-order valence-electron chi connectivity index (χ3n) is 3.22. The molecule has 0 bridgehead atoms. The average Bonchev–Trinajstić information content (AvgIpc) is 2.68. The quantitative estimate of drug-likeness (QED) is 0.891. The second-order valence-corrected chi connectivity index (χ2v) is 5.73. The number of halogens is 5. The van der Waals surface area contributed by atoms with E-state index in [1.165, 1.54) is 16.7 Å². The minimum absolute atomic E-state index is 0.198. The monoisotopic (exact) mass is 340 g/mol. The van der Waals surface area contributed by atoms with E-state index in [2.05, 4.69) is 4.98 Å². The number of hydrogen-bond acceptors (Lipinski definition) is 2. The minimum Gasteiger partial charge on any atom is -0.374 e. The third-order valence-corrected chi connectivity index (χ3v) is 3.95. The maximum Gasteiger partial charge on any atom is 0.424 e. The van der Waals surface area contributed by atoms with E-state index in [9.17, 15) is 18.3 Å². The molecule has 1 aromatic carbocycles. The smallest absolute Gasteiger partial charge is 0.374 e. The molecule has 0 aliphatic heterocycles. The van der Waals surface area contributed by atoms with Crippen LogP contribution in [0.1, 0.15) is 26.1 Å². The molecule has 0 saturated heterocycles. The van der Waals surface area contributed by atoms with Crippen LogP contribution in [0.3, 0.4) is 0 Å². The first-order valence-corrected chi connectivity index (χ1v) is 7.00. The molecule has 8 heteroatoms. The van der Waals surface area contributed by atoms with Gasteiger partial charge in [-0.05, 0) is 25.5 Å². The van der Waals surface area contributed by atoms with Crippen molar-refractivity contribution in [1.82, 2.24) is 9.55 Å². The predicted molar refractivity (Wildman–Crippen MR) is 75.7 cm³/mol. The molecule has 1 unspecified atom stereocenters. The van der Waals surface area contributed by atoms with E-state index in [0.29, 0.717) is 18.9 Å². The van der Waals surface area contributed by atoms with Crippen molar-refractivity contribution in [3.05, 3.63) is 28.0 Å². The number of aromatic nitrogens is 2. The highest BCUT2D eigenvalue weighted by atomic mass is 35.5. The molecule has 0 amide bonds. The fraction of sp³-hybridized carbons (Fsp3) is 0.462. The van der Waals surface area contributed by atoms with Crippen LogP contribution >= 0.6 is 23.2 Å². The van der Waals surface area contributed by atoms with Gasteiger partial charge in [-0.1, -0.05) is 30.1 Å². The van der Waals surface area contributed by atoms with Crippen LogP contribution in [-0.2, 0) is 12.1 Å². The molecule has 0 radical (unpaired) electrons. The average molecular weight is 341 g/mol. The summed E-state index contributed by atoms with van der Waals surface area (Å²) in [6, 6.07) is 2.85. The van der Waals surface area contributed by atoms with Crippen molar-refractivity contribution in [1.29, 1.82) is 0 Å². The second-order valence-electron chi connectivity index (χ2n) is 4.91. The summed E-state index contributed by atoms with van der Waals surface area (Å²) in [7, 11) is 0. The van der Waals surface area contributed by atoms with Crippen molar-refractivity contribution in [2.24, 2.45) is 0 Å². The number of fused-ring (bicyclic) bond motifs is 1. The number of imidazole rings is 1. The summed E-state index contributed by atoms with van der Waals surface area (Å²) < 4.78 is 40.5. The van der Waals surface area contributed by atoms with Crippen LogP contribution in [-0.4, -0.2) is 20.8 Å². The Bertz CT molecular complexity index is 680. The summed E-state index contributed by atoms with van der Waals surface area (Å²) in [6.07, 6.45) is -4.26. The Morgan fingerprint density at radius 2 is 1.81 bits per heavy atom. The zero-order valence-corrected chi connectivity index (χ0v) is 12.8. The predicted octanol–water partition coefficient (Wildman–Crippen LogP) is 4.52. The molecule has 1 heterocycles. The van der Waals surface area contributed by atoms with Gasteiger partial charge in [-0.15, -0.1) is 0 Å². The van der Waals surface area contributed by atoms with Gasteiger partial charge in [0.05, 0.1) is 21.1 Å². The number of rotatable bonds is 3. The van der Waals surface area contributed by atoms with Gasteiger partial charge in [0.15, 0.2) is 5.82 Å². The lowest BCUT2D eigenvalue weighted by molar-refractivity contribution is -0.262. The molecule has 0 aliphatic rings. The number of aryl methyl sites for hydroxylation is 1. The van der Waals surface area contributed by atoms with Gasteiger partial charge < -0.3 is 9.67 Å². The van der Waals surface area contributed by atoms with Gasteiger partial charge in [-0.25, -0.2) is 4.98 Å². The first kappa shape index (κ1) is 16.4. The number of benzene rings is 1. The van der Waals surface area contributed by atoms with Gasteiger partial charge in [0, 0.05) is 6.54 Å². The lowest BCUT2D eigenvalue weighted by Gasteiger charge is -2.26. The van der Waals surface area contributed by atoms with E-state index in [0.717, 1.165) is 0 Å². The van der Waals surface area contributed by atoms with Crippen LogP contribution in [0.4, 0.5) is 13.2 Å². The Labute approximate surface area is 129 Å². The fourth-order valence-corrected chi connectivity index (χ4v) is 2.38. The molecule has 0 aliphatic carbocycles. The first-order chi connectivity index (χ1) is 9.59. The summed E-state index contributed by atoms with van der Waals surface area (Å²) in [4.78, 5) is 3.92. The Morgan fingerprint density at radius 3 is 2.33 bits per heavy atom. The third kappa shape index (κ3) is 2.72. The molecule has 21 heavy (non-hydrogen) atoms. The van der Waals surface area contributed by atoms with Crippen LogP contribution in [0, 0.1) is 0 Å². The normalized spacial score (nSPS) is 15.4. The number of nitrogens with zero attached hydrogens (tertiary/aromatic N) is 2. The van der Waals surface area contributed by atoms with E-state index < -0.39 is 17.6 Å². The molecular weight excluding hydrogens is 328 g/mol. The molecule has 0 saturated carbocycles. The van der Waals surface area contributed by atoms with Crippen LogP contribution < -0.4 is 0 Å². The van der Waals surface area contributed by atoms with Crippen LogP contribution in [0.15, 0.2) is 12.1 Å². The van der Waals surface area contributed by atoms with E-state index >= 15 is 0 Å². The highest BCUT2D eigenvalue weighted by Gasteiger charge is 2.54. The van der Waals surface area contributed by atoms with Crippen molar-refractivity contribution in [2.75, 3.05) is 0 Å². The van der Waals surface area contributed by atoms with Crippen LogP contribution in [0.25, 0.3) is 11.0 Å². The van der Waals surface area contributed by atoms with Crippen LogP contribution in [0.5, 0.6) is 0 Å². The van der Waals surface area contributed by atoms with Gasteiger partial charge >= 0.3 is 6.18 Å². The standard InChI is InChI=1S/C13H13Cl2F3N2O/c1-3-4-20-10-6-8(15)7(14)5-9(10)19-11(20)12(2,21)13(16,17)18/h5-6,21H,3-4H2,1-2H3. The zero-order valence-electron chi connectivity index (χ0n) is 11.3. The molecule has 0 spiro atoms. The molecule has 0 fully saturated rings. The minimum atomic E-state index is -4.84. The SMILES string of the molecule is CCCn1c(C(C)(O)C(F)(F)F)nc2cc(Cl)c(Cl)cc21. The van der Waals surface area contributed by atoms with Crippen LogP contribution in [0.2, 0.25) is 10.0 Å². The summed E-state index contributed by atoms with van der Waals surface area (Å²) in [5.74, 6) is -0.467. The van der Waals surface area contributed by atoms with E-state index in [-0.39, 0.29) is 22.1 Å². The molecule has 3 nitrogen and oxygen atoms in total. The van der Waals surface area contributed by atoms with E-state index in [1.807, 2.05) is 6.92 Å². The number of aliphatic hydroxyl groups is 1.